The fourth-order valence-electron chi connectivity index (χ4n) is 3.17. The van der Waals surface area contributed by atoms with Gasteiger partial charge in [0.1, 0.15) is 5.82 Å². The van der Waals surface area contributed by atoms with Crippen LogP contribution in [0.4, 0.5) is 10.1 Å². The van der Waals surface area contributed by atoms with Gasteiger partial charge in [0.05, 0.1) is 17.8 Å². The molecule has 0 radical (unpaired) electrons. The summed E-state index contributed by atoms with van der Waals surface area (Å²) >= 11 is 6.20. The summed E-state index contributed by atoms with van der Waals surface area (Å²) in [6, 6.07) is 12.8. The zero-order chi connectivity index (χ0) is 13.7. The molecule has 20 heavy (non-hydrogen) atoms. The highest BCUT2D eigenvalue weighted by molar-refractivity contribution is 6.31. The van der Waals surface area contributed by atoms with Crippen LogP contribution in [-0.4, -0.2) is 6.10 Å². The van der Waals surface area contributed by atoms with E-state index in [2.05, 4.69) is 6.07 Å². The molecule has 0 spiro atoms. The van der Waals surface area contributed by atoms with E-state index < -0.39 is 0 Å². The molecule has 102 valence electrons. The smallest absolute Gasteiger partial charge is 0.130 e. The summed E-state index contributed by atoms with van der Waals surface area (Å²) in [6.45, 7) is 0. The Morgan fingerprint density at radius 1 is 1.15 bits per heavy atom. The molecule has 2 nitrogen and oxygen atoms in total. The molecule has 2 aromatic carbocycles. The quantitative estimate of drug-likeness (QED) is 0.776. The number of rotatable bonds is 1. The van der Waals surface area contributed by atoms with Gasteiger partial charge in [0.2, 0.25) is 0 Å². The normalized spacial score (nSPS) is 23.8. The highest BCUT2D eigenvalue weighted by atomic mass is 35.5. The van der Waals surface area contributed by atoms with Crippen molar-refractivity contribution in [1.82, 2.24) is 0 Å². The molecule has 2 aliphatic rings. The lowest BCUT2D eigenvalue weighted by molar-refractivity contribution is 0.0733. The Labute approximate surface area is 121 Å². The van der Waals surface area contributed by atoms with Crippen molar-refractivity contribution in [2.75, 3.05) is 5.06 Å². The molecule has 4 rings (SSSR count). The fourth-order valence-corrected chi connectivity index (χ4v) is 3.46. The lowest BCUT2D eigenvalue weighted by Gasteiger charge is -2.30. The summed E-state index contributed by atoms with van der Waals surface area (Å²) in [6.07, 6.45) is 1.73. The maximum Gasteiger partial charge on any atom is 0.130 e. The van der Waals surface area contributed by atoms with Crippen LogP contribution in [-0.2, 0) is 11.3 Å². The third-order valence-electron chi connectivity index (χ3n) is 4.04. The van der Waals surface area contributed by atoms with E-state index in [4.69, 9.17) is 16.4 Å². The summed E-state index contributed by atoms with van der Waals surface area (Å²) in [5, 5.41) is 2.29. The summed E-state index contributed by atoms with van der Waals surface area (Å²) < 4.78 is 14.2. The molecule has 0 unspecified atom stereocenters. The maximum absolute atomic E-state index is 14.2. The number of anilines is 1. The second-order valence-corrected chi connectivity index (χ2v) is 5.68. The van der Waals surface area contributed by atoms with Crippen LogP contribution in [0.3, 0.4) is 0 Å². The minimum Gasteiger partial charge on any atom is -0.269 e. The molecular weight excluding hydrogens is 277 g/mol. The topological polar surface area (TPSA) is 12.5 Å². The van der Waals surface area contributed by atoms with Crippen molar-refractivity contribution in [2.45, 2.75) is 25.0 Å². The second kappa shape index (κ2) is 4.47. The molecular formula is C16H13ClFNO. The van der Waals surface area contributed by atoms with Gasteiger partial charge in [0.25, 0.3) is 0 Å². The number of benzene rings is 2. The average molecular weight is 290 g/mol. The molecule has 0 aliphatic carbocycles. The zero-order valence-corrected chi connectivity index (χ0v) is 11.5. The predicted octanol–water partition coefficient (Wildman–Crippen LogP) is 4.29. The summed E-state index contributed by atoms with van der Waals surface area (Å²) in [7, 11) is 0. The van der Waals surface area contributed by atoms with Gasteiger partial charge in [-0.2, -0.15) is 0 Å². The maximum atomic E-state index is 14.2. The van der Waals surface area contributed by atoms with Gasteiger partial charge in [-0.1, -0.05) is 35.9 Å². The van der Waals surface area contributed by atoms with Crippen LogP contribution in [0.2, 0.25) is 5.02 Å². The molecule has 2 bridgehead atoms. The van der Waals surface area contributed by atoms with Gasteiger partial charge in [-0.25, -0.2) is 9.45 Å². The number of nitrogens with zero attached hydrogens (tertiary/aromatic N) is 1. The van der Waals surface area contributed by atoms with Crippen LogP contribution in [0.1, 0.15) is 23.6 Å². The van der Waals surface area contributed by atoms with Crippen molar-refractivity contribution in [3.05, 3.63) is 64.4 Å². The molecule has 2 aromatic rings. The summed E-state index contributed by atoms with van der Waals surface area (Å²) in [4.78, 5) is 5.91. The minimum absolute atomic E-state index is 0.102. The van der Waals surface area contributed by atoms with Gasteiger partial charge < -0.3 is 0 Å². The number of halogens is 2. The lowest BCUT2D eigenvalue weighted by atomic mass is 10.00. The molecule has 2 heterocycles. The van der Waals surface area contributed by atoms with Gasteiger partial charge in [-0.3, -0.25) is 4.84 Å². The third-order valence-corrected chi connectivity index (χ3v) is 4.37. The average Bonchev–Trinajstić information content (AvgIpc) is 2.77. The molecule has 4 heteroatoms. The Balaban J connectivity index is 1.83. The number of hydroxylamine groups is 1. The summed E-state index contributed by atoms with van der Waals surface area (Å²) in [5.41, 5.74) is 2.80. The number of hydrogen-bond donors (Lipinski definition) is 0. The van der Waals surface area contributed by atoms with Crippen LogP contribution < -0.4 is 5.06 Å². The van der Waals surface area contributed by atoms with Crippen molar-refractivity contribution < 1.29 is 9.23 Å². The second-order valence-electron chi connectivity index (χ2n) is 5.27. The molecule has 1 saturated heterocycles. The van der Waals surface area contributed by atoms with Gasteiger partial charge >= 0.3 is 0 Å². The van der Waals surface area contributed by atoms with Gasteiger partial charge in [0, 0.05) is 23.4 Å². The van der Waals surface area contributed by atoms with E-state index in [1.165, 1.54) is 11.6 Å². The Kier molecular flexibility index (Phi) is 2.72. The van der Waals surface area contributed by atoms with Gasteiger partial charge in [0.15, 0.2) is 0 Å². The van der Waals surface area contributed by atoms with E-state index in [0.29, 0.717) is 10.6 Å². The first-order valence-electron chi connectivity index (χ1n) is 6.72. The first-order chi connectivity index (χ1) is 9.74. The first kappa shape index (κ1) is 12.2. The number of hydrogen-bond acceptors (Lipinski definition) is 2. The number of para-hydroxylation sites is 1. The van der Waals surface area contributed by atoms with Crippen molar-refractivity contribution in [3.63, 3.8) is 0 Å². The van der Waals surface area contributed by atoms with Crippen LogP contribution in [0.5, 0.6) is 0 Å². The molecule has 0 amide bonds. The Morgan fingerprint density at radius 3 is 2.85 bits per heavy atom. The third kappa shape index (κ3) is 1.74. The van der Waals surface area contributed by atoms with E-state index in [1.807, 2.05) is 23.3 Å². The highest BCUT2D eigenvalue weighted by Gasteiger charge is 2.41. The molecule has 0 aromatic heterocycles. The lowest BCUT2D eigenvalue weighted by Crippen LogP contribution is -2.27. The predicted molar refractivity (Wildman–Crippen MR) is 76.3 cm³/mol. The van der Waals surface area contributed by atoms with Gasteiger partial charge in [-0.15, -0.1) is 0 Å². The van der Waals surface area contributed by atoms with Crippen molar-refractivity contribution >= 4 is 17.3 Å². The molecule has 2 aliphatic heterocycles. The molecule has 1 fully saturated rings. The standard InChI is InChI=1S/C16H13ClFNO/c17-12-5-3-6-13(18)16(12)15-9-11-8-10-4-1-2-7-14(10)19(15)20-11/h1-7,11,15H,8-9H2/t11-,15+/m1/s1. The van der Waals surface area contributed by atoms with Crippen LogP contribution in [0.15, 0.2) is 42.5 Å². The molecule has 0 saturated carbocycles. The van der Waals surface area contributed by atoms with E-state index in [9.17, 15) is 4.39 Å². The Morgan fingerprint density at radius 2 is 2.00 bits per heavy atom. The van der Waals surface area contributed by atoms with Crippen LogP contribution in [0.25, 0.3) is 0 Å². The van der Waals surface area contributed by atoms with Crippen LogP contribution >= 0.6 is 11.6 Å². The van der Waals surface area contributed by atoms with Crippen LogP contribution in [0, 0.1) is 5.82 Å². The van der Waals surface area contributed by atoms with Gasteiger partial charge in [-0.05, 0) is 23.8 Å². The van der Waals surface area contributed by atoms with E-state index in [-0.39, 0.29) is 18.0 Å². The molecule has 0 N–H and O–H groups in total. The van der Waals surface area contributed by atoms with Crippen molar-refractivity contribution in [3.8, 4) is 0 Å². The van der Waals surface area contributed by atoms with Crippen molar-refractivity contribution in [2.24, 2.45) is 0 Å². The van der Waals surface area contributed by atoms with E-state index in [1.54, 1.807) is 12.1 Å². The fraction of sp³-hybridized carbons (Fsp3) is 0.250. The van der Waals surface area contributed by atoms with Crippen molar-refractivity contribution in [1.29, 1.82) is 0 Å². The Hall–Kier alpha value is -1.58. The van der Waals surface area contributed by atoms with E-state index in [0.717, 1.165) is 18.5 Å². The zero-order valence-electron chi connectivity index (χ0n) is 10.7. The SMILES string of the molecule is Fc1cccc(Cl)c1[C@@H]1C[C@H]2Cc3ccccc3N1O2. The Bertz CT molecular complexity index is 655. The largest absolute Gasteiger partial charge is 0.269 e. The summed E-state index contributed by atoms with van der Waals surface area (Å²) in [5.74, 6) is -0.267. The van der Waals surface area contributed by atoms with E-state index >= 15 is 0 Å². The number of fused-ring (bicyclic) bond motifs is 4. The first-order valence-corrected chi connectivity index (χ1v) is 7.09. The highest BCUT2D eigenvalue weighted by Crippen LogP contribution is 2.46. The minimum atomic E-state index is -0.267. The molecule has 2 atom stereocenters. The monoisotopic (exact) mass is 289 g/mol.